The number of anilines is 1. The number of likely N-dealkylation sites (N-methyl/N-ethyl adjacent to an activating group) is 1. The van der Waals surface area contributed by atoms with Crippen LogP contribution in [-0.2, 0) is 0 Å². The van der Waals surface area contributed by atoms with E-state index in [1.165, 1.54) is 6.42 Å². The number of aromatic nitrogens is 1. The third-order valence-electron chi connectivity index (χ3n) is 6.11. The van der Waals surface area contributed by atoms with Crippen molar-refractivity contribution in [1.82, 2.24) is 9.88 Å². The van der Waals surface area contributed by atoms with Crippen molar-refractivity contribution in [2.24, 2.45) is 0 Å². The Morgan fingerprint density at radius 2 is 2.00 bits per heavy atom. The van der Waals surface area contributed by atoms with E-state index in [1.807, 2.05) is 42.7 Å². The zero-order chi connectivity index (χ0) is 19.0. The van der Waals surface area contributed by atoms with Crippen LogP contribution in [0.2, 0.25) is 5.02 Å². The number of pyridine rings is 1. The average Bonchev–Trinajstić information content (AvgIpc) is 3.06. The number of aliphatic hydroxyl groups excluding tert-OH is 1. The van der Waals surface area contributed by atoms with E-state index in [-0.39, 0.29) is 0 Å². The molecule has 1 fully saturated rings. The summed E-state index contributed by atoms with van der Waals surface area (Å²) in [5, 5.41) is 11.5. The number of β-amino-alcohol motifs (C(OH)–C–C–N with tert-alkyl or cyclic N) is 1. The van der Waals surface area contributed by atoms with Gasteiger partial charge >= 0.3 is 0 Å². The molecule has 3 atom stereocenters. The highest BCUT2D eigenvalue weighted by Gasteiger charge is 2.35. The third-order valence-corrected chi connectivity index (χ3v) is 6.36. The number of fused-ring (bicyclic) bond motifs is 3. The minimum Gasteiger partial charge on any atom is -0.387 e. The van der Waals surface area contributed by atoms with Crippen molar-refractivity contribution < 1.29 is 5.11 Å². The van der Waals surface area contributed by atoms with Gasteiger partial charge in [0.25, 0.3) is 0 Å². The lowest BCUT2D eigenvalue weighted by atomic mass is 9.97. The predicted molar refractivity (Wildman–Crippen MR) is 111 cm³/mol. The summed E-state index contributed by atoms with van der Waals surface area (Å²) in [4.78, 5) is 9.12. The molecule has 0 aliphatic carbocycles. The second-order valence-electron chi connectivity index (χ2n) is 7.63. The van der Waals surface area contributed by atoms with Crippen LogP contribution in [0, 0.1) is 0 Å². The van der Waals surface area contributed by atoms with Gasteiger partial charge in [0.15, 0.2) is 0 Å². The molecule has 1 N–H and O–H groups in total. The lowest BCUT2D eigenvalue weighted by Crippen LogP contribution is -2.35. The molecular weight excluding hydrogens is 358 g/mol. The zero-order valence-electron chi connectivity index (χ0n) is 15.7. The zero-order valence-corrected chi connectivity index (χ0v) is 16.4. The number of hydrogen-bond acceptors (Lipinski definition) is 4. The van der Waals surface area contributed by atoms with Gasteiger partial charge in [0.1, 0.15) is 0 Å². The van der Waals surface area contributed by atoms with Crippen LogP contribution in [0.4, 0.5) is 5.69 Å². The Morgan fingerprint density at radius 3 is 2.78 bits per heavy atom. The molecule has 142 valence electrons. The van der Waals surface area contributed by atoms with Crippen LogP contribution in [0.15, 0.2) is 49.3 Å². The van der Waals surface area contributed by atoms with E-state index in [1.54, 1.807) is 0 Å². The molecule has 0 amide bonds. The molecular formula is C22H26ClN3O. The fraction of sp³-hybridized carbons (Fsp3) is 0.409. The van der Waals surface area contributed by atoms with Gasteiger partial charge in [0, 0.05) is 53.8 Å². The van der Waals surface area contributed by atoms with Crippen LogP contribution in [0.25, 0.3) is 5.57 Å². The van der Waals surface area contributed by atoms with E-state index in [2.05, 4.69) is 28.4 Å². The average molecular weight is 384 g/mol. The van der Waals surface area contributed by atoms with Crippen molar-refractivity contribution >= 4 is 22.9 Å². The Morgan fingerprint density at radius 1 is 1.22 bits per heavy atom. The first-order chi connectivity index (χ1) is 13.0. The molecule has 0 saturated carbocycles. The molecule has 1 aromatic heterocycles. The Bertz CT molecular complexity index is 823. The molecule has 3 heterocycles. The highest BCUT2D eigenvalue weighted by atomic mass is 35.5. The summed E-state index contributed by atoms with van der Waals surface area (Å²) in [6, 6.07) is 10.4. The van der Waals surface area contributed by atoms with E-state index in [0.717, 1.165) is 41.8 Å². The first-order valence-corrected chi connectivity index (χ1v) is 9.96. The molecule has 2 bridgehead atoms. The minimum atomic E-state index is -0.577. The van der Waals surface area contributed by atoms with Crippen molar-refractivity contribution in [1.29, 1.82) is 0 Å². The van der Waals surface area contributed by atoms with Gasteiger partial charge in [-0.1, -0.05) is 30.3 Å². The predicted octanol–water partition coefficient (Wildman–Crippen LogP) is 4.15. The lowest BCUT2D eigenvalue weighted by molar-refractivity contribution is 0.182. The topological polar surface area (TPSA) is 39.6 Å². The van der Waals surface area contributed by atoms with Gasteiger partial charge in [-0.05, 0) is 55.6 Å². The smallest absolute Gasteiger partial charge is 0.0964 e. The van der Waals surface area contributed by atoms with Crippen LogP contribution in [-0.4, -0.2) is 47.2 Å². The third kappa shape index (κ3) is 3.62. The van der Waals surface area contributed by atoms with E-state index in [0.29, 0.717) is 23.7 Å². The van der Waals surface area contributed by atoms with Crippen molar-refractivity contribution in [2.75, 3.05) is 25.0 Å². The normalized spacial score (nSPS) is 24.1. The number of halogens is 1. The van der Waals surface area contributed by atoms with Gasteiger partial charge in [0.2, 0.25) is 0 Å². The molecule has 4 nitrogen and oxygen atoms in total. The highest BCUT2D eigenvalue weighted by Crippen LogP contribution is 2.38. The summed E-state index contributed by atoms with van der Waals surface area (Å²) in [7, 11) is 2.21. The minimum absolute atomic E-state index is 0.374. The lowest BCUT2D eigenvalue weighted by Gasteiger charge is -2.30. The van der Waals surface area contributed by atoms with Gasteiger partial charge in [-0.15, -0.1) is 0 Å². The summed E-state index contributed by atoms with van der Waals surface area (Å²) in [5.74, 6) is 0. The summed E-state index contributed by atoms with van der Waals surface area (Å²) in [6.45, 7) is 5.86. The molecule has 1 aromatic carbocycles. The van der Waals surface area contributed by atoms with Crippen molar-refractivity contribution in [3.8, 4) is 0 Å². The van der Waals surface area contributed by atoms with Crippen LogP contribution in [0.3, 0.4) is 0 Å². The molecule has 0 radical (unpaired) electrons. The first kappa shape index (κ1) is 18.5. The second kappa shape index (κ2) is 7.63. The van der Waals surface area contributed by atoms with Gasteiger partial charge in [-0.3, -0.25) is 9.88 Å². The number of nitrogens with zero attached hydrogens (tertiary/aromatic N) is 3. The van der Waals surface area contributed by atoms with Crippen LogP contribution < -0.4 is 4.90 Å². The number of hydrogen-bond donors (Lipinski definition) is 1. The molecule has 2 aliphatic rings. The molecule has 3 unspecified atom stereocenters. The van der Waals surface area contributed by atoms with Gasteiger partial charge < -0.3 is 10.0 Å². The fourth-order valence-electron chi connectivity index (χ4n) is 4.48. The van der Waals surface area contributed by atoms with E-state index in [9.17, 15) is 5.11 Å². The molecule has 2 aromatic rings. The maximum Gasteiger partial charge on any atom is 0.0964 e. The van der Waals surface area contributed by atoms with Gasteiger partial charge in [-0.25, -0.2) is 0 Å². The standard InChI is InChI=1S/C22H26ClN3O/c1-15-19-13-24-11-9-21(19)26(12-10-18-7-8-20(15)25(18)2)14-22(27)16-3-5-17(23)6-4-16/h3-6,9,11,13,18,20,22,27H,1,7-8,10,12,14H2,2H3. The molecule has 5 heteroatoms. The Kier molecular flexibility index (Phi) is 5.22. The molecule has 1 saturated heterocycles. The Labute approximate surface area is 166 Å². The first-order valence-electron chi connectivity index (χ1n) is 9.58. The largest absolute Gasteiger partial charge is 0.387 e. The number of benzene rings is 1. The van der Waals surface area contributed by atoms with Crippen LogP contribution in [0.5, 0.6) is 0 Å². The summed E-state index contributed by atoms with van der Waals surface area (Å²) >= 11 is 5.99. The second-order valence-corrected chi connectivity index (χ2v) is 8.07. The van der Waals surface area contributed by atoms with Crippen molar-refractivity contribution in [3.63, 3.8) is 0 Å². The molecule has 2 aliphatic heterocycles. The van der Waals surface area contributed by atoms with Crippen LogP contribution >= 0.6 is 11.6 Å². The Balaban J connectivity index is 1.65. The number of aliphatic hydroxyl groups is 1. The molecule has 27 heavy (non-hydrogen) atoms. The fourth-order valence-corrected chi connectivity index (χ4v) is 4.61. The summed E-state index contributed by atoms with van der Waals surface area (Å²) in [6.07, 6.45) is 6.60. The Hall–Kier alpha value is -1.88. The van der Waals surface area contributed by atoms with E-state index in [4.69, 9.17) is 11.6 Å². The van der Waals surface area contributed by atoms with Crippen molar-refractivity contribution in [2.45, 2.75) is 37.5 Å². The SMILES string of the molecule is C=C1c2cnccc2N(CC(O)c2ccc(Cl)cc2)CCC2CCC1N2C. The van der Waals surface area contributed by atoms with Crippen molar-refractivity contribution in [3.05, 3.63) is 65.5 Å². The van der Waals surface area contributed by atoms with E-state index >= 15 is 0 Å². The molecule has 4 rings (SSSR count). The van der Waals surface area contributed by atoms with E-state index < -0.39 is 6.10 Å². The number of rotatable bonds is 3. The van der Waals surface area contributed by atoms with Gasteiger partial charge in [0.05, 0.1) is 6.10 Å². The van der Waals surface area contributed by atoms with Crippen LogP contribution in [0.1, 0.15) is 36.5 Å². The summed E-state index contributed by atoms with van der Waals surface area (Å²) in [5.41, 5.74) is 4.23. The maximum absolute atomic E-state index is 10.8. The maximum atomic E-state index is 10.8. The summed E-state index contributed by atoms with van der Waals surface area (Å²) < 4.78 is 0. The van der Waals surface area contributed by atoms with Gasteiger partial charge in [-0.2, -0.15) is 0 Å². The highest BCUT2D eigenvalue weighted by molar-refractivity contribution is 6.30. The monoisotopic (exact) mass is 383 g/mol. The quantitative estimate of drug-likeness (QED) is 0.864. The molecule has 0 spiro atoms.